The van der Waals surface area contributed by atoms with E-state index in [9.17, 15) is 0 Å². The van der Waals surface area contributed by atoms with Crippen LogP contribution < -0.4 is 0 Å². The van der Waals surface area contributed by atoms with E-state index in [1.807, 2.05) is 0 Å². The van der Waals surface area contributed by atoms with Gasteiger partial charge in [0.25, 0.3) is 0 Å². The summed E-state index contributed by atoms with van der Waals surface area (Å²) in [6.07, 6.45) is 12.9. The zero-order valence-corrected chi connectivity index (χ0v) is 16.1. The first-order valence-corrected chi connectivity index (χ1v) is 12.6. The molecule has 2 fully saturated rings. The number of terminal acetylenes is 1. The van der Waals surface area contributed by atoms with Crippen molar-refractivity contribution in [2.24, 2.45) is 17.3 Å². The molecule has 2 aliphatic heterocycles. The molecule has 4 unspecified atom stereocenters. The van der Waals surface area contributed by atoms with Crippen molar-refractivity contribution in [1.29, 1.82) is 0 Å². The molecule has 4 atom stereocenters. The van der Waals surface area contributed by atoms with Crippen molar-refractivity contribution in [2.45, 2.75) is 76.9 Å². The van der Waals surface area contributed by atoms with Crippen molar-refractivity contribution in [3.05, 3.63) is 0 Å². The van der Waals surface area contributed by atoms with Gasteiger partial charge in [-0.3, -0.25) is 0 Å². The number of unbranched alkanes of at least 4 members (excludes halogenated alkanes) is 1. The Morgan fingerprint density at radius 2 is 2.05 bits per heavy atom. The molecule has 0 radical (unpaired) electrons. The van der Waals surface area contributed by atoms with Crippen molar-refractivity contribution >= 4 is 17.8 Å². The van der Waals surface area contributed by atoms with E-state index < -0.39 is 6.46 Å². The van der Waals surface area contributed by atoms with E-state index >= 15 is 0 Å². The third-order valence-electron chi connectivity index (χ3n) is 6.61. The fraction of sp³-hybridized carbons (Fsp3) is 0.889. The maximum atomic E-state index is 5.93. The van der Waals surface area contributed by atoms with Gasteiger partial charge >= 0.3 is 131 Å². The summed E-state index contributed by atoms with van der Waals surface area (Å²) in [5.41, 5.74) is 1.16. The molecule has 0 N–H and O–H groups in total. The second kappa shape index (κ2) is 5.52. The molecule has 2 saturated heterocycles. The molecule has 0 spiro atoms. The third kappa shape index (κ3) is 2.27. The summed E-state index contributed by atoms with van der Waals surface area (Å²) < 4.78 is 0.795. The van der Waals surface area contributed by atoms with Crippen LogP contribution in [0.15, 0.2) is 0 Å². The van der Waals surface area contributed by atoms with Gasteiger partial charge in [-0.1, -0.05) is 0 Å². The van der Waals surface area contributed by atoms with Crippen LogP contribution in [0.4, 0.5) is 0 Å². The molecule has 2 heteroatoms. The zero-order chi connectivity index (χ0) is 15.2. The van der Waals surface area contributed by atoms with Gasteiger partial charge in [0.05, 0.1) is 0 Å². The number of hydrogen-bond donors (Lipinski definition) is 0. The summed E-state index contributed by atoms with van der Waals surface area (Å²) in [6, 6.07) is 0. The predicted octanol–water partition coefficient (Wildman–Crippen LogP) is 6.01. The molecule has 0 nitrogen and oxygen atoms in total. The standard InChI is InChI=1S/C18H33PS/c1-8-11-12-18-16(19(18,7)20-18)13-15(9-2)17(6,10-3)14(4)5/h3,14-16,19H,8-9,11-13H2,1-2,4-7H3. The SMILES string of the molecule is C#CC(C)(C(C)C)C(CC)CC1C2(CCCC)S[PH]12C. The molecule has 0 aromatic carbocycles. The van der Waals surface area contributed by atoms with Crippen molar-refractivity contribution in [3.63, 3.8) is 0 Å². The van der Waals surface area contributed by atoms with Crippen LogP contribution in [0.25, 0.3) is 0 Å². The molecule has 0 aromatic rings. The first-order chi connectivity index (χ1) is 9.32. The van der Waals surface area contributed by atoms with Crippen molar-refractivity contribution in [3.8, 4) is 12.3 Å². The van der Waals surface area contributed by atoms with E-state index in [1.54, 1.807) is 0 Å². The Kier molecular flexibility index (Phi) is 4.61. The molecule has 0 bridgehead atoms. The van der Waals surface area contributed by atoms with Gasteiger partial charge in [-0.05, 0) is 0 Å². The van der Waals surface area contributed by atoms with Gasteiger partial charge in [-0.25, -0.2) is 0 Å². The Bertz CT molecular complexity index is 412. The average molecular weight is 313 g/mol. The van der Waals surface area contributed by atoms with Crippen molar-refractivity contribution in [2.75, 3.05) is 6.66 Å². The van der Waals surface area contributed by atoms with Gasteiger partial charge < -0.3 is 0 Å². The summed E-state index contributed by atoms with van der Waals surface area (Å²) in [5, 5.41) is 0. The van der Waals surface area contributed by atoms with Crippen molar-refractivity contribution in [1.82, 2.24) is 0 Å². The van der Waals surface area contributed by atoms with E-state index in [0.717, 1.165) is 10.1 Å². The van der Waals surface area contributed by atoms with Crippen LogP contribution in [0.2, 0.25) is 0 Å². The van der Waals surface area contributed by atoms with E-state index in [1.165, 1.54) is 32.1 Å². The van der Waals surface area contributed by atoms with E-state index in [0.29, 0.717) is 11.8 Å². The summed E-state index contributed by atoms with van der Waals surface area (Å²) in [7, 11) is 0. The summed E-state index contributed by atoms with van der Waals surface area (Å²) >= 11 is 2.38. The number of hydrogen-bond acceptors (Lipinski definition) is 1. The van der Waals surface area contributed by atoms with Gasteiger partial charge in [-0.2, -0.15) is 0 Å². The molecule has 2 aliphatic rings. The molecule has 0 amide bonds. The Balaban J connectivity index is 2.02. The van der Waals surface area contributed by atoms with E-state index in [4.69, 9.17) is 6.42 Å². The van der Waals surface area contributed by atoms with Gasteiger partial charge in [0.1, 0.15) is 0 Å². The van der Waals surface area contributed by atoms with Gasteiger partial charge in [0, 0.05) is 0 Å². The van der Waals surface area contributed by atoms with E-state index in [2.05, 4.69) is 58.6 Å². The Morgan fingerprint density at radius 1 is 1.40 bits per heavy atom. The molecular weight excluding hydrogens is 279 g/mol. The Hall–Kier alpha value is 0.340. The monoisotopic (exact) mass is 312 g/mol. The minimum absolute atomic E-state index is 0.0884. The molecule has 0 saturated carbocycles. The molecule has 116 valence electrons. The second-order valence-electron chi connectivity index (χ2n) is 7.68. The Morgan fingerprint density at radius 3 is 2.45 bits per heavy atom. The normalized spacial score (nSPS) is 35.6. The maximum absolute atomic E-state index is 5.93. The van der Waals surface area contributed by atoms with Gasteiger partial charge in [0.15, 0.2) is 0 Å². The average Bonchev–Trinajstić information content (AvgIpc) is 3.19. The van der Waals surface area contributed by atoms with Crippen LogP contribution in [0.3, 0.4) is 0 Å². The molecule has 0 aromatic heterocycles. The van der Waals surface area contributed by atoms with Crippen LogP contribution in [0.1, 0.15) is 66.7 Å². The third-order valence-corrected chi connectivity index (χ3v) is 17.0. The van der Waals surface area contributed by atoms with Gasteiger partial charge in [-0.15, -0.1) is 0 Å². The van der Waals surface area contributed by atoms with Crippen LogP contribution in [-0.2, 0) is 0 Å². The van der Waals surface area contributed by atoms with Gasteiger partial charge in [0.2, 0.25) is 0 Å². The molecular formula is C18H33PS. The fourth-order valence-electron chi connectivity index (χ4n) is 4.37. The molecule has 0 aliphatic carbocycles. The number of fused-ring (bicyclic) bond motifs is 1. The van der Waals surface area contributed by atoms with Crippen LogP contribution in [0.5, 0.6) is 0 Å². The summed E-state index contributed by atoms with van der Waals surface area (Å²) in [6.45, 7) is 13.4. The van der Waals surface area contributed by atoms with Crippen LogP contribution >= 0.6 is 17.8 Å². The fourth-order valence-corrected chi connectivity index (χ4v) is 16.2. The quantitative estimate of drug-likeness (QED) is 0.300. The number of rotatable bonds is 8. The molecule has 2 heterocycles. The molecule has 20 heavy (non-hydrogen) atoms. The van der Waals surface area contributed by atoms with Crippen LogP contribution in [-0.4, -0.2) is 16.8 Å². The zero-order valence-electron chi connectivity index (χ0n) is 14.3. The predicted molar refractivity (Wildman–Crippen MR) is 98.1 cm³/mol. The summed E-state index contributed by atoms with van der Waals surface area (Å²) in [4.78, 5) is 0. The van der Waals surface area contributed by atoms with Crippen LogP contribution in [0, 0.1) is 29.6 Å². The molecule has 2 rings (SSSR count). The van der Waals surface area contributed by atoms with E-state index in [-0.39, 0.29) is 5.41 Å². The topological polar surface area (TPSA) is 0 Å². The Labute approximate surface area is 131 Å². The first-order valence-electron chi connectivity index (χ1n) is 8.50. The summed E-state index contributed by atoms with van der Waals surface area (Å²) in [5.74, 6) is 4.47. The van der Waals surface area contributed by atoms with Crippen molar-refractivity contribution < 1.29 is 0 Å². The minimum atomic E-state index is -0.869. The second-order valence-corrected chi connectivity index (χ2v) is 15.9. The first kappa shape index (κ1) is 16.7.